The number of unbranched alkanes of at least 4 members (excludes halogenated alkanes) is 2. The third kappa shape index (κ3) is 4.25. The van der Waals surface area contributed by atoms with Gasteiger partial charge in [-0.25, -0.2) is 9.78 Å². The lowest BCUT2D eigenvalue weighted by Gasteiger charge is -2.13. The lowest BCUT2D eigenvalue weighted by atomic mass is 10.0. The minimum Gasteiger partial charge on any atom is -0.493 e. The number of carboxylic acid groups (broad SMARTS) is 1. The second kappa shape index (κ2) is 8.74. The summed E-state index contributed by atoms with van der Waals surface area (Å²) in [6.45, 7) is 4.72. The summed E-state index contributed by atoms with van der Waals surface area (Å²) in [5, 5.41) is 10.3. The number of carbonyl (C=O) groups is 1. The fourth-order valence-corrected chi connectivity index (χ4v) is 3.14. The molecule has 1 heterocycles. The van der Waals surface area contributed by atoms with Crippen molar-refractivity contribution < 1.29 is 19.4 Å². The van der Waals surface area contributed by atoms with Crippen molar-refractivity contribution in [3.63, 3.8) is 0 Å². The molecule has 5 heteroatoms. The van der Waals surface area contributed by atoms with Crippen LogP contribution in [-0.2, 0) is 0 Å². The summed E-state index contributed by atoms with van der Waals surface area (Å²) in [7, 11) is 1.59. The average Bonchev–Trinajstić information content (AvgIpc) is 2.70. The topological polar surface area (TPSA) is 68.7 Å². The Kier molecular flexibility index (Phi) is 6.14. The summed E-state index contributed by atoms with van der Waals surface area (Å²) in [4.78, 5) is 16.4. The molecule has 0 spiro atoms. The zero-order valence-corrected chi connectivity index (χ0v) is 16.5. The van der Waals surface area contributed by atoms with Crippen LogP contribution in [0.15, 0.2) is 42.5 Å². The number of aryl methyl sites for hydroxylation is 1. The highest BCUT2D eigenvalue weighted by atomic mass is 16.5. The summed E-state index contributed by atoms with van der Waals surface area (Å²) in [6.07, 6.45) is 3.26. The maximum absolute atomic E-state index is 11.8. The summed E-state index contributed by atoms with van der Waals surface area (Å²) in [6, 6.07) is 12.8. The van der Waals surface area contributed by atoms with Crippen LogP contribution < -0.4 is 9.47 Å². The van der Waals surface area contributed by atoms with Crippen molar-refractivity contribution in [3.8, 4) is 22.8 Å². The predicted octanol–water partition coefficient (Wildman–Crippen LogP) is 5.49. The number of aromatic carboxylic acids is 1. The molecule has 0 saturated heterocycles. The Bertz CT molecular complexity index is 997. The number of pyridine rings is 1. The van der Waals surface area contributed by atoms with Crippen LogP contribution in [0, 0.1) is 6.92 Å². The van der Waals surface area contributed by atoms with E-state index in [0.717, 1.165) is 30.4 Å². The van der Waals surface area contributed by atoms with Crippen molar-refractivity contribution in [3.05, 3.63) is 53.6 Å². The van der Waals surface area contributed by atoms with E-state index in [1.165, 1.54) is 0 Å². The standard InChI is InChI=1S/C23H25NO4/c1-4-5-6-11-28-21-10-8-16(13-22(21)27-3)20-14-18(23(25)26)17-12-15(2)7-9-19(17)24-20/h7-10,12-14H,4-6,11H2,1-3H3,(H,25,26). The molecule has 0 aliphatic rings. The fraction of sp³-hybridized carbons (Fsp3) is 0.304. The molecular weight excluding hydrogens is 354 g/mol. The summed E-state index contributed by atoms with van der Waals surface area (Å²) in [5.74, 6) is 0.316. The first-order valence-electron chi connectivity index (χ1n) is 9.49. The number of hydrogen-bond donors (Lipinski definition) is 1. The molecule has 0 amide bonds. The van der Waals surface area contributed by atoms with Gasteiger partial charge in [0.25, 0.3) is 0 Å². The zero-order valence-electron chi connectivity index (χ0n) is 16.5. The smallest absolute Gasteiger partial charge is 0.336 e. The van der Waals surface area contributed by atoms with Gasteiger partial charge >= 0.3 is 5.97 Å². The molecule has 0 fully saturated rings. The van der Waals surface area contributed by atoms with Crippen LogP contribution in [0.1, 0.15) is 42.1 Å². The Morgan fingerprint density at radius 1 is 1.07 bits per heavy atom. The van der Waals surface area contributed by atoms with Crippen LogP contribution in [0.4, 0.5) is 0 Å². The van der Waals surface area contributed by atoms with Crippen molar-refractivity contribution in [1.82, 2.24) is 4.98 Å². The number of ether oxygens (including phenoxy) is 2. The number of carboxylic acids is 1. The van der Waals surface area contributed by atoms with Crippen molar-refractivity contribution in [2.24, 2.45) is 0 Å². The van der Waals surface area contributed by atoms with E-state index in [0.29, 0.717) is 34.7 Å². The number of rotatable bonds is 8. The van der Waals surface area contributed by atoms with Gasteiger partial charge in [-0.05, 0) is 49.7 Å². The second-order valence-electron chi connectivity index (χ2n) is 6.80. The molecule has 5 nitrogen and oxygen atoms in total. The number of hydrogen-bond acceptors (Lipinski definition) is 4. The monoisotopic (exact) mass is 379 g/mol. The largest absolute Gasteiger partial charge is 0.493 e. The van der Waals surface area contributed by atoms with Crippen LogP contribution in [0.3, 0.4) is 0 Å². The summed E-state index contributed by atoms with van der Waals surface area (Å²) >= 11 is 0. The van der Waals surface area contributed by atoms with Gasteiger partial charge in [0.1, 0.15) is 0 Å². The molecule has 0 saturated carbocycles. The number of benzene rings is 2. The lowest BCUT2D eigenvalue weighted by molar-refractivity contribution is 0.0699. The third-order valence-corrected chi connectivity index (χ3v) is 4.66. The number of aromatic nitrogens is 1. The summed E-state index contributed by atoms with van der Waals surface area (Å²) in [5.41, 5.74) is 3.25. The van der Waals surface area contributed by atoms with Gasteiger partial charge < -0.3 is 14.6 Å². The van der Waals surface area contributed by atoms with E-state index in [-0.39, 0.29) is 5.56 Å². The number of nitrogens with zero attached hydrogens (tertiary/aromatic N) is 1. The Morgan fingerprint density at radius 3 is 2.61 bits per heavy atom. The Labute approximate surface area is 164 Å². The number of methoxy groups -OCH3 is 1. The van der Waals surface area contributed by atoms with Crippen LogP contribution >= 0.6 is 0 Å². The molecule has 0 atom stereocenters. The molecule has 0 unspecified atom stereocenters. The first-order chi connectivity index (χ1) is 13.5. The van der Waals surface area contributed by atoms with Gasteiger partial charge in [0.15, 0.2) is 11.5 Å². The van der Waals surface area contributed by atoms with Gasteiger partial charge in [-0.3, -0.25) is 0 Å². The minimum absolute atomic E-state index is 0.238. The normalized spacial score (nSPS) is 10.8. The van der Waals surface area contributed by atoms with Crippen LogP contribution in [-0.4, -0.2) is 29.8 Å². The molecule has 1 N–H and O–H groups in total. The molecule has 0 bridgehead atoms. The van der Waals surface area contributed by atoms with E-state index in [9.17, 15) is 9.90 Å². The minimum atomic E-state index is -0.970. The SMILES string of the molecule is CCCCCOc1ccc(-c2cc(C(=O)O)c3cc(C)ccc3n2)cc1OC. The van der Waals surface area contributed by atoms with E-state index >= 15 is 0 Å². The number of fused-ring (bicyclic) bond motifs is 1. The van der Waals surface area contributed by atoms with Gasteiger partial charge in [0.05, 0.1) is 30.5 Å². The van der Waals surface area contributed by atoms with Crippen LogP contribution in [0.2, 0.25) is 0 Å². The predicted molar refractivity (Wildman–Crippen MR) is 110 cm³/mol. The Hall–Kier alpha value is -3.08. The van der Waals surface area contributed by atoms with E-state index < -0.39 is 5.97 Å². The van der Waals surface area contributed by atoms with Gasteiger partial charge in [-0.2, -0.15) is 0 Å². The van der Waals surface area contributed by atoms with Crippen molar-refractivity contribution >= 4 is 16.9 Å². The van der Waals surface area contributed by atoms with E-state index in [1.54, 1.807) is 13.2 Å². The molecule has 0 radical (unpaired) electrons. The van der Waals surface area contributed by atoms with Crippen LogP contribution in [0.5, 0.6) is 11.5 Å². The maximum Gasteiger partial charge on any atom is 0.336 e. The van der Waals surface area contributed by atoms with Gasteiger partial charge in [-0.1, -0.05) is 31.4 Å². The molecule has 3 aromatic rings. The van der Waals surface area contributed by atoms with E-state index in [4.69, 9.17) is 9.47 Å². The van der Waals surface area contributed by atoms with Crippen molar-refractivity contribution in [2.75, 3.05) is 13.7 Å². The van der Waals surface area contributed by atoms with Gasteiger partial charge in [0.2, 0.25) is 0 Å². The quantitative estimate of drug-likeness (QED) is 0.524. The van der Waals surface area contributed by atoms with E-state index in [2.05, 4.69) is 11.9 Å². The third-order valence-electron chi connectivity index (χ3n) is 4.66. The highest BCUT2D eigenvalue weighted by Gasteiger charge is 2.15. The fourth-order valence-electron chi connectivity index (χ4n) is 3.14. The van der Waals surface area contributed by atoms with Crippen LogP contribution in [0.25, 0.3) is 22.2 Å². The second-order valence-corrected chi connectivity index (χ2v) is 6.80. The van der Waals surface area contributed by atoms with Crippen molar-refractivity contribution in [1.29, 1.82) is 0 Å². The highest BCUT2D eigenvalue weighted by molar-refractivity contribution is 6.04. The molecule has 28 heavy (non-hydrogen) atoms. The molecule has 0 aliphatic carbocycles. The van der Waals surface area contributed by atoms with Gasteiger partial charge in [-0.15, -0.1) is 0 Å². The highest BCUT2D eigenvalue weighted by Crippen LogP contribution is 2.33. The molecule has 1 aromatic heterocycles. The van der Waals surface area contributed by atoms with E-state index in [1.807, 2.05) is 43.3 Å². The maximum atomic E-state index is 11.8. The Morgan fingerprint density at radius 2 is 1.89 bits per heavy atom. The Balaban J connectivity index is 1.99. The first-order valence-corrected chi connectivity index (χ1v) is 9.49. The molecule has 0 aliphatic heterocycles. The van der Waals surface area contributed by atoms with Gasteiger partial charge in [0, 0.05) is 10.9 Å². The summed E-state index contributed by atoms with van der Waals surface area (Å²) < 4.78 is 11.3. The lowest BCUT2D eigenvalue weighted by Crippen LogP contribution is -2.01. The zero-order chi connectivity index (χ0) is 20.1. The molecular formula is C23H25NO4. The van der Waals surface area contributed by atoms with Crippen molar-refractivity contribution in [2.45, 2.75) is 33.1 Å². The molecule has 3 rings (SSSR count). The average molecular weight is 379 g/mol. The first kappa shape index (κ1) is 19.7. The molecule has 146 valence electrons. The molecule has 2 aromatic carbocycles.